The minimum atomic E-state index is 0.645. The third-order valence-corrected chi connectivity index (χ3v) is 9.14. The number of rotatable bonds is 4. The van der Waals surface area contributed by atoms with Gasteiger partial charge in [0.15, 0.2) is 0 Å². The molecule has 0 fully saturated rings. The molecular weight excluding hydrogens is 558 g/mol. The minimum Gasteiger partial charge on any atom is -0.309 e. The van der Waals surface area contributed by atoms with Crippen LogP contribution in [0.25, 0.3) is 77.2 Å². The Morgan fingerprint density at radius 3 is 1.78 bits per heavy atom. The number of benzene rings is 7. The molecule has 0 saturated carbocycles. The van der Waals surface area contributed by atoms with Crippen molar-refractivity contribution in [1.82, 2.24) is 9.13 Å². The summed E-state index contributed by atoms with van der Waals surface area (Å²) < 4.78 is 4.69. The second kappa shape index (κ2) is 10.4. The van der Waals surface area contributed by atoms with E-state index >= 15 is 0 Å². The topological polar surface area (TPSA) is 33.6 Å². The van der Waals surface area contributed by atoms with Crippen molar-refractivity contribution >= 4 is 43.6 Å². The summed E-state index contributed by atoms with van der Waals surface area (Å²) in [6.45, 7) is 0. The zero-order valence-corrected chi connectivity index (χ0v) is 24.9. The van der Waals surface area contributed by atoms with Gasteiger partial charge in [0.2, 0.25) is 0 Å². The van der Waals surface area contributed by atoms with Gasteiger partial charge in [-0.25, -0.2) is 0 Å². The lowest BCUT2D eigenvalue weighted by Gasteiger charge is -2.15. The highest BCUT2D eigenvalue weighted by molar-refractivity contribution is 6.15. The van der Waals surface area contributed by atoms with Crippen LogP contribution in [0.15, 0.2) is 164 Å². The minimum absolute atomic E-state index is 0.645. The fraction of sp³-hybridized carbons (Fsp3) is 0. The van der Waals surface area contributed by atoms with E-state index in [1.165, 1.54) is 49.3 Å². The number of hydrogen-bond donors (Lipinski definition) is 0. The summed E-state index contributed by atoms with van der Waals surface area (Å²) in [6, 6.07) is 60.2. The average molecular weight is 586 g/mol. The molecule has 3 heteroatoms. The van der Waals surface area contributed by atoms with Crippen molar-refractivity contribution in [2.45, 2.75) is 0 Å². The van der Waals surface area contributed by atoms with Crippen LogP contribution in [0.3, 0.4) is 0 Å². The number of nitriles is 1. The van der Waals surface area contributed by atoms with E-state index in [0.717, 1.165) is 28.0 Å². The van der Waals surface area contributed by atoms with Gasteiger partial charge in [-0.3, -0.25) is 0 Å². The highest BCUT2D eigenvalue weighted by Gasteiger charge is 2.19. The van der Waals surface area contributed by atoms with E-state index in [4.69, 9.17) is 0 Å². The van der Waals surface area contributed by atoms with Crippen LogP contribution in [-0.4, -0.2) is 9.13 Å². The maximum absolute atomic E-state index is 9.67. The number of aromatic nitrogens is 2. The molecule has 46 heavy (non-hydrogen) atoms. The van der Waals surface area contributed by atoms with Gasteiger partial charge in [-0.2, -0.15) is 5.26 Å². The second-order valence-electron chi connectivity index (χ2n) is 11.7. The van der Waals surface area contributed by atoms with E-state index in [1.807, 2.05) is 18.2 Å². The van der Waals surface area contributed by atoms with Gasteiger partial charge >= 0.3 is 0 Å². The van der Waals surface area contributed by atoms with Crippen molar-refractivity contribution in [2.24, 2.45) is 0 Å². The lowest BCUT2D eigenvalue weighted by molar-refractivity contribution is 1.18. The molecule has 0 unspecified atom stereocenters. The molecule has 0 atom stereocenters. The number of hydrogen-bond acceptors (Lipinski definition) is 1. The van der Waals surface area contributed by atoms with Crippen LogP contribution in [-0.2, 0) is 0 Å². The normalized spacial score (nSPS) is 11.5. The Morgan fingerprint density at radius 1 is 0.391 bits per heavy atom. The van der Waals surface area contributed by atoms with Crippen LogP contribution >= 0.6 is 0 Å². The lowest BCUT2D eigenvalue weighted by atomic mass is 9.92. The van der Waals surface area contributed by atoms with Gasteiger partial charge in [-0.1, -0.05) is 115 Å². The molecule has 9 aromatic rings. The first-order valence-corrected chi connectivity index (χ1v) is 15.5. The molecular formula is C43H27N3. The van der Waals surface area contributed by atoms with Gasteiger partial charge in [-0.15, -0.1) is 0 Å². The summed E-state index contributed by atoms with van der Waals surface area (Å²) in [7, 11) is 0. The van der Waals surface area contributed by atoms with Crippen LogP contribution in [0.2, 0.25) is 0 Å². The summed E-state index contributed by atoms with van der Waals surface area (Å²) in [5, 5.41) is 14.5. The Kier molecular flexibility index (Phi) is 5.88. The molecule has 7 aromatic carbocycles. The van der Waals surface area contributed by atoms with Gasteiger partial charge in [0.25, 0.3) is 0 Å². The first-order chi connectivity index (χ1) is 22.8. The molecule has 0 bridgehead atoms. The van der Waals surface area contributed by atoms with Crippen LogP contribution in [0, 0.1) is 11.3 Å². The molecule has 214 valence electrons. The fourth-order valence-electron chi connectivity index (χ4n) is 7.18. The Balaban J connectivity index is 1.33. The van der Waals surface area contributed by atoms with E-state index < -0.39 is 0 Å². The molecule has 0 N–H and O–H groups in total. The Labute approximate surface area is 266 Å². The first-order valence-electron chi connectivity index (χ1n) is 15.5. The largest absolute Gasteiger partial charge is 0.309 e. The molecule has 2 aromatic heterocycles. The molecule has 9 rings (SSSR count). The molecule has 0 aliphatic heterocycles. The Bertz CT molecular complexity index is 2650. The van der Waals surface area contributed by atoms with Crippen LogP contribution < -0.4 is 0 Å². The van der Waals surface area contributed by atoms with Gasteiger partial charge in [-0.05, 0) is 65.2 Å². The number of nitrogens with zero attached hydrogens (tertiary/aromatic N) is 3. The summed E-state index contributed by atoms with van der Waals surface area (Å²) in [4.78, 5) is 0. The Morgan fingerprint density at radius 2 is 0.978 bits per heavy atom. The quantitative estimate of drug-likeness (QED) is 0.202. The predicted octanol–water partition coefficient (Wildman–Crippen LogP) is 11.1. The molecule has 3 nitrogen and oxygen atoms in total. The second-order valence-corrected chi connectivity index (χ2v) is 11.7. The van der Waals surface area contributed by atoms with E-state index in [0.29, 0.717) is 5.56 Å². The molecule has 0 radical (unpaired) electrons. The highest BCUT2D eigenvalue weighted by Crippen LogP contribution is 2.42. The summed E-state index contributed by atoms with van der Waals surface area (Å²) in [5.74, 6) is 0. The summed E-state index contributed by atoms with van der Waals surface area (Å²) >= 11 is 0. The molecule has 0 aliphatic rings. The van der Waals surface area contributed by atoms with Gasteiger partial charge in [0, 0.05) is 38.5 Å². The van der Waals surface area contributed by atoms with Crippen molar-refractivity contribution in [3.63, 3.8) is 0 Å². The third-order valence-electron chi connectivity index (χ3n) is 9.14. The molecule has 0 aliphatic carbocycles. The smallest absolute Gasteiger partial charge is 0.0992 e. The van der Waals surface area contributed by atoms with Crippen LogP contribution in [0.5, 0.6) is 0 Å². The maximum atomic E-state index is 9.67. The fourth-order valence-corrected chi connectivity index (χ4v) is 7.18. The SMILES string of the molecule is N#Cc1cccc(-n2c3ccccc3c3ccc(-c4ccccc4-c4cccc5c6ccccc6n(-c6ccccc6)c45)cc32)c1. The van der Waals surface area contributed by atoms with Crippen molar-refractivity contribution in [2.75, 3.05) is 0 Å². The molecule has 0 amide bonds. The van der Waals surface area contributed by atoms with Crippen molar-refractivity contribution in [3.8, 4) is 39.7 Å². The average Bonchev–Trinajstić information content (AvgIpc) is 3.65. The zero-order chi connectivity index (χ0) is 30.6. The van der Waals surface area contributed by atoms with E-state index in [1.54, 1.807) is 0 Å². The number of para-hydroxylation sites is 4. The van der Waals surface area contributed by atoms with Crippen LogP contribution in [0.1, 0.15) is 5.56 Å². The van der Waals surface area contributed by atoms with Gasteiger partial charge < -0.3 is 9.13 Å². The van der Waals surface area contributed by atoms with Gasteiger partial charge in [0.1, 0.15) is 0 Å². The predicted molar refractivity (Wildman–Crippen MR) is 191 cm³/mol. The van der Waals surface area contributed by atoms with E-state index in [-0.39, 0.29) is 0 Å². The number of fused-ring (bicyclic) bond motifs is 6. The highest BCUT2D eigenvalue weighted by atomic mass is 15.0. The maximum Gasteiger partial charge on any atom is 0.0992 e. The van der Waals surface area contributed by atoms with Crippen molar-refractivity contribution < 1.29 is 0 Å². The van der Waals surface area contributed by atoms with Crippen molar-refractivity contribution in [1.29, 1.82) is 5.26 Å². The first kappa shape index (κ1) is 26.1. The van der Waals surface area contributed by atoms with E-state index in [9.17, 15) is 5.26 Å². The lowest BCUT2D eigenvalue weighted by Crippen LogP contribution is -1.96. The zero-order valence-electron chi connectivity index (χ0n) is 24.9. The molecule has 0 spiro atoms. The van der Waals surface area contributed by atoms with E-state index in [2.05, 4.69) is 161 Å². The Hall–Kier alpha value is -6.37. The molecule has 0 saturated heterocycles. The van der Waals surface area contributed by atoms with Crippen LogP contribution in [0.4, 0.5) is 0 Å². The monoisotopic (exact) mass is 585 g/mol. The summed E-state index contributed by atoms with van der Waals surface area (Å²) in [5.41, 5.74) is 12.1. The van der Waals surface area contributed by atoms with Crippen molar-refractivity contribution in [3.05, 3.63) is 169 Å². The van der Waals surface area contributed by atoms with Gasteiger partial charge in [0.05, 0.1) is 33.7 Å². The summed E-state index contributed by atoms with van der Waals surface area (Å²) in [6.07, 6.45) is 0. The third kappa shape index (κ3) is 3.91. The standard InChI is InChI=1S/C43H27N3/c44-28-29-12-10-15-32(26-29)45-40-22-8-6-18-35(40)37-25-24-30(27-42(37)45)33-16-4-5-17-34(33)38-20-11-21-39-36-19-7-9-23-41(36)46(43(38)39)31-13-2-1-3-14-31/h1-27H. The molecule has 2 heterocycles.